The Bertz CT molecular complexity index is 903. The van der Waals surface area contributed by atoms with Crippen molar-refractivity contribution in [2.24, 2.45) is 0 Å². The average Bonchev–Trinajstić information content (AvgIpc) is 2.67. The fraction of sp³-hybridized carbons (Fsp3) is 0.227. The minimum absolute atomic E-state index is 0.102. The maximum Gasteiger partial charge on any atom is 0.272 e. The Labute approximate surface area is 165 Å². The summed E-state index contributed by atoms with van der Waals surface area (Å²) in [5, 5.41) is 8.09. The van der Waals surface area contributed by atoms with E-state index in [1.165, 1.54) is 6.92 Å². The lowest BCUT2D eigenvalue weighted by Gasteiger charge is -2.13. The Morgan fingerprint density at radius 2 is 1.68 bits per heavy atom. The van der Waals surface area contributed by atoms with Gasteiger partial charge in [-0.05, 0) is 42.7 Å². The van der Waals surface area contributed by atoms with E-state index in [2.05, 4.69) is 16.0 Å². The van der Waals surface area contributed by atoms with Gasteiger partial charge < -0.3 is 16.0 Å². The second-order valence-electron chi connectivity index (χ2n) is 6.35. The van der Waals surface area contributed by atoms with Crippen LogP contribution in [-0.4, -0.2) is 24.3 Å². The smallest absolute Gasteiger partial charge is 0.272 e. The van der Waals surface area contributed by atoms with E-state index < -0.39 is 5.91 Å². The predicted octanol–water partition coefficient (Wildman–Crippen LogP) is 3.25. The summed E-state index contributed by atoms with van der Waals surface area (Å²) in [7, 11) is 0. The lowest BCUT2D eigenvalue weighted by Crippen LogP contribution is -2.30. The first-order valence-corrected chi connectivity index (χ1v) is 9.16. The van der Waals surface area contributed by atoms with Gasteiger partial charge >= 0.3 is 0 Å². The van der Waals surface area contributed by atoms with Gasteiger partial charge in [-0.2, -0.15) is 0 Å². The van der Waals surface area contributed by atoms with Crippen molar-refractivity contribution in [3.63, 3.8) is 0 Å². The highest BCUT2D eigenvalue weighted by atomic mass is 16.2. The van der Waals surface area contributed by atoms with Gasteiger partial charge in [-0.1, -0.05) is 43.3 Å². The van der Waals surface area contributed by atoms with Crippen LogP contribution in [0.15, 0.2) is 54.2 Å². The summed E-state index contributed by atoms with van der Waals surface area (Å²) in [5.41, 5.74) is 2.63. The minimum atomic E-state index is -0.505. The third-order valence-electron chi connectivity index (χ3n) is 4.00. The number of rotatable bonds is 7. The van der Waals surface area contributed by atoms with Crippen LogP contribution < -0.4 is 16.0 Å². The fourth-order valence-electron chi connectivity index (χ4n) is 2.57. The van der Waals surface area contributed by atoms with Crippen molar-refractivity contribution in [2.45, 2.75) is 27.2 Å². The first-order valence-electron chi connectivity index (χ1n) is 9.16. The molecule has 0 radical (unpaired) electrons. The van der Waals surface area contributed by atoms with Crippen molar-refractivity contribution in [1.82, 2.24) is 10.6 Å². The maximum absolute atomic E-state index is 12.8. The highest BCUT2D eigenvalue weighted by molar-refractivity contribution is 6.11. The van der Waals surface area contributed by atoms with Crippen LogP contribution in [0.2, 0.25) is 0 Å². The van der Waals surface area contributed by atoms with Crippen molar-refractivity contribution in [2.75, 3.05) is 11.9 Å². The van der Waals surface area contributed by atoms with Crippen LogP contribution in [-0.2, 0) is 9.59 Å². The summed E-state index contributed by atoms with van der Waals surface area (Å²) < 4.78 is 0. The van der Waals surface area contributed by atoms with Crippen LogP contribution in [0.5, 0.6) is 0 Å². The van der Waals surface area contributed by atoms with E-state index in [4.69, 9.17) is 0 Å². The number of aryl methyl sites for hydroxylation is 1. The first-order chi connectivity index (χ1) is 13.4. The van der Waals surface area contributed by atoms with Crippen molar-refractivity contribution in [1.29, 1.82) is 0 Å². The fourth-order valence-corrected chi connectivity index (χ4v) is 2.57. The van der Waals surface area contributed by atoms with Gasteiger partial charge in [0.1, 0.15) is 5.70 Å². The Hall–Kier alpha value is -3.41. The van der Waals surface area contributed by atoms with E-state index in [1.807, 2.05) is 38.1 Å². The normalized spacial score (nSPS) is 10.9. The quantitative estimate of drug-likeness (QED) is 0.646. The number of para-hydroxylation sites is 1. The predicted molar refractivity (Wildman–Crippen MR) is 111 cm³/mol. The van der Waals surface area contributed by atoms with Crippen LogP contribution in [0, 0.1) is 6.92 Å². The summed E-state index contributed by atoms with van der Waals surface area (Å²) in [4.78, 5) is 36.8. The van der Waals surface area contributed by atoms with E-state index in [-0.39, 0.29) is 17.5 Å². The molecule has 28 heavy (non-hydrogen) atoms. The molecular formula is C22H25N3O3. The number of carbonyl (C=O) groups excluding carboxylic acids is 3. The molecule has 0 bridgehead atoms. The number of benzene rings is 2. The molecule has 3 amide bonds. The second kappa shape index (κ2) is 10.1. The highest BCUT2D eigenvalue weighted by Gasteiger charge is 2.16. The highest BCUT2D eigenvalue weighted by Crippen LogP contribution is 2.17. The zero-order valence-corrected chi connectivity index (χ0v) is 16.3. The van der Waals surface area contributed by atoms with Crippen molar-refractivity contribution < 1.29 is 14.4 Å². The summed E-state index contributed by atoms with van der Waals surface area (Å²) in [6.45, 7) is 5.77. The third-order valence-corrected chi connectivity index (χ3v) is 4.00. The van der Waals surface area contributed by atoms with Crippen molar-refractivity contribution in [3.05, 3.63) is 70.9 Å². The van der Waals surface area contributed by atoms with Gasteiger partial charge in [0.15, 0.2) is 0 Å². The van der Waals surface area contributed by atoms with Gasteiger partial charge in [0, 0.05) is 13.5 Å². The van der Waals surface area contributed by atoms with Gasteiger partial charge in [0.2, 0.25) is 5.91 Å². The van der Waals surface area contributed by atoms with Crippen LogP contribution >= 0.6 is 0 Å². The molecule has 2 aromatic rings. The first kappa shape index (κ1) is 20.9. The molecule has 146 valence electrons. The molecule has 0 aliphatic heterocycles. The van der Waals surface area contributed by atoms with E-state index in [0.29, 0.717) is 17.8 Å². The van der Waals surface area contributed by atoms with Gasteiger partial charge in [-0.3, -0.25) is 14.4 Å². The average molecular weight is 379 g/mol. The monoisotopic (exact) mass is 379 g/mol. The molecule has 0 atom stereocenters. The molecule has 0 spiro atoms. The van der Waals surface area contributed by atoms with Gasteiger partial charge in [0.05, 0.1) is 11.3 Å². The lowest BCUT2D eigenvalue weighted by atomic mass is 10.1. The van der Waals surface area contributed by atoms with Crippen molar-refractivity contribution >= 4 is 29.5 Å². The Kier molecular flexibility index (Phi) is 7.51. The zero-order valence-electron chi connectivity index (χ0n) is 16.3. The Morgan fingerprint density at radius 3 is 2.36 bits per heavy atom. The molecule has 0 saturated carbocycles. The molecule has 0 aliphatic rings. The molecule has 0 aliphatic carbocycles. The molecule has 0 fully saturated rings. The molecule has 0 aromatic heterocycles. The van der Waals surface area contributed by atoms with E-state index in [9.17, 15) is 14.4 Å². The molecule has 6 nitrogen and oxygen atoms in total. The molecule has 0 saturated heterocycles. The molecular weight excluding hydrogens is 354 g/mol. The lowest BCUT2D eigenvalue weighted by molar-refractivity contribution is -0.120. The standard InChI is InChI=1S/C22H25N3O3/c1-4-13-23-21(27)18-11-7-8-12-19(18)25-22(28)20(24-16(3)26)14-17-10-6-5-9-15(17)2/h5-12,14H,4,13H2,1-3H3,(H,23,27)(H,24,26)(H,25,28)/b20-14-. The summed E-state index contributed by atoms with van der Waals surface area (Å²) >= 11 is 0. The maximum atomic E-state index is 12.8. The Balaban J connectivity index is 2.31. The summed E-state index contributed by atoms with van der Waals surface area (Å²) in [5.74, 6) is -1.13. The minimum Gasteiger partial charge on any atom is -0.352 e. The van der Waals surface area contributed by atoms with E-state index in [1.54, 1.807) is 30.3 Å². The van der Waals surface area contributed by atoms with Gasteiger partial charge in [-0.25, -0.2) is 0 Å². The van der Waals surface area contributed by atoms with E-state index in [0.717, 1.165) is 17.5 Å². The van der Waals surface area contributed by atoms with Crippen LogP contribution in [0.4, 0.5) is 5.69 Å². The number of hydrogen-bond donors (Lipinski definition) is 3. The van der Waals surface area contributed by atoms with Gasteiger partial charge in [-0.15, -0.1) is 0 Å². The topological polar surface area (TPSA) is 87.3 Å². The third kappa shape index (κ3) is 5.81. The SMILES string of the molecule is CCCNC(=O)c1ccccc1NC(=O)/C(=C/c1ccccc1C)NC(C)=O. The van der Waals surface area contributed by atoms with Gasteiger partial charge in [0.25, 0.3) is 11.8 Å². The largest absolute Gasteiger partial charge is 0.352 e. The summed E-state index contributed by atoms with van der Waals surface area (Å²) in [6.07, 6.45) is 2.43. The van der Waals surface area contributed by atoms with E-state index >= 15 is 0 Å². The number of anilines is 1. The number of amides is 3. The number of hydrogen-bond acceptors (Lipinski definition) is 3. The number of nitrogens with one attached hydrogen (secondary N) is 3. The zero-order chi connectivity index (χ0) is 20.5. The molecule has 2 aromatic carbocycles. The van der Waals surface area contributed by atoms with Crippen LogP contribution in [0.25, 0.3) is 6.08 Å². The van der Waals surface area contributed by atoms with Crippen LogP contribution in [0.3, 0.4) is 0 Å². The molecule has 0 heterocycles. The second-order valence-corrected chi connectivity index (χ2v) is 6.35. The molecule has 2 rings (SSSR count). The summed E-state index contributed by atoms with van der Waals surface area (Å²) in [6, 6.07) is 14.3. The number of carbonyl (C=O) groups is 3. The molecule has 6 heteroatoms. The molecule has 0 unspecified atom stereocenters. The van der Waals surface area contributed by atoms with Crippen molar-refractivity contribution in [3.8, 4) is 0 Å². The Morgan fingerprint density at radius 1 is 1.00 bits per heavy atom. The molecule has 3 N–H and O–H groups in total. The van der Waals surface area contributed by atoms with Crippen LogP contribution in [0.1, 0.15) is 41.8 Å².